The zero-order chi connectivity index (χ0) is 18.8. The van der Waals surface area contributed by atoms with E-state index >= 15 is 0 Å². The highest BCUT2D eigenvalue weighted by Crippen LogP contribution is 2.24. The van der Waals surface area contributed by atoms with Crippen LogP contribution in [0.15, 0.2) is 71.1 Å². The molecule has 134 valence electrons. The van der Waals surface area contributed by atoms with E-state index in [1.807, 2.05) is 48.5 Å². The molecule has 4 rings (SSSR count). The number of hydrogen-bond acceptors (Lipinski definition) is 3. The summed E-state index contributed by atoms with van der Waals surface area (Å²) in [4.78, 5) is 16.9. The molecule has 1 heterocycles. The number of hydrogen-bond donors (Lipinski definition) is 1. The van der Waals surface area contributed by atoms with Crippen LogP contribution in [0, 0.1) is 0 Å². The number of aromatic nitrogens is 1. The van der Waals surface area contributed by atoms with Gasteiger partial charge in [-0.25, -0.2) is 4.98 Å². The van der Waals surface area contributed by atoms with E-state index in [1.165, 1.54) is 0 Å². The highest BCUT2D eigenvalue weighted by Gasteiger charge is 2.10. The van der Waals surface area contributed by atoms with E-state index in [0.29, 0.717) is 33.6 Å². The number of benzene rings is 3. The van der Waals surface area contributed by atoms with Crippen LogP contribution in [0.3, 0.4) is 0 Å². The van der Waals surface area contributed by atoms with E-state index < -0.39 is 0 Å². The normalized spacial score (nSPS) is 10.9. The smallest absolute Gasteiger partial charge is 0.255 e. The van der Waals surface area contributed by atoms with Gasteiger partial charge in [0.05, 0.1) is 10.0 Å². The molecule has 0 spiro atoms. The molecular formula is C21H14Cl2N2O2. The Morgan fingerprint density at radius 1 is 0.963 bits per heavy atom. The molecule has 0 bridgehead atoms. The van der Waals surface area contributed by atoms with E-state index in [4.69, 9.17) is 27.6 Å². The molecule has 0 unspecified atom stereocenters. The van der Waals surface area contributed by atoms with Gasteiger partial charge in [-0.15, -0.1) is 0 Å². The Kier molecular flexibility index (Phi) is 4.84. The van der Waals surface area contributed by atoms with Crippen LogP contribution in [0.2, 0.25) is 10.0 Å². The summed E-state index contributed by atoms with van der Waals surface area (Å²) in [5, 5.41) is 3.62. The van der Waals surface area contributed by atoms with Crippen LogP contribution in [0.25, 0.3) is 11.1 Å². The minimum atomic E-state index is -0.257. The molecule has 0 aliphatic heterocycles. The molecule has 6 heteroatoms. The summed E-state index contributed by atoms with van der Waals surface area (Å²) in [6.45, 7) is 0. The first kappa shape index (κ1) is 17.6. The van der Waals surface area contributed by atoms with E-state index in [-0.39, 0.29) is 5.91 Å². The van der Waals surface area contributed by atoms with Gasteiger partial charge in [-0.05, 0) is 48.0 Å². The quantitative estimate of drug-likeness (QED) is 0.461. The molecule has 0 aliphatic rings. The van der Waals surface area contributed by atoms with Crippen molar-refractivity contribution in [1.82, 2.24) is 4.98 Å². The number of fused-ring (bicyclic) bond motifs is 1. The second-order valence-corrected chi connectivity index (χ2v) is 6.85. The lowest BCUT2D eigenvalue weighted by Gasteiger charge is -2.07. The number of rotatable bonds is 4. The van der Waals surface area contributed by atoms with Gasteiger partial charge < -0.3 is 9.73 Å². The first-order chi connectivity index (χ1) is 13.1. The summed E-state index contributed by atoms with van der Waals surface area (Å²) in [7, 11) is 0. The number of anilines is 1. The maximum atomic E-state index is 12.4. The number of carbonyl (C=O) groups excluding carboxylic acids is 1. The van der Waals surface area contributed by atoms with Gasteiger partial charge in [-0.3, -0.25) is 4.79 Å². The molecule has 1 aromatic heterocycles. The average Bonchev–Trinajstić information content (AvgIpc) is 3.06. The summed E-state index contributed by atoms with van der Waals surface area (Å²) in [5.41, 5.74) is 3.69. The van der Waals surface area contributed by atoms with Crippen LogP contribution in [0.4, 0.5) is 5.69 Å². The number of carbonyl (C=O) groups is 1. The highest BCUT2D eigenvalue weighted by molar-refractivity contribution is 6.42. The molecule has 0 radical (unpaired) electrons. The van der Waals surface area contributed by atoms with Crippen molar-refractivity contribution >= 4 is 45.9 Å². The van der Waals surface area contributed by atoms with Crippen LogP contribution < -0.4 is 5.32 Å². The number of amides is 1. The van der Waals surface area contributed by atoms with Gasteiger partial charge in [-0.1, -0.05) is 47.5 Å². The molecule has 4 aromatic rings. The number of halogens is 2. The maximum Gasteiger partial charge on any atom is 0.255 e. The summed E-state index contributed by atoms with van der Waals surface area (Å²) in [6.07, 6.45) is 0.533. The van der Waals surface area contributed by atoms with Gasteiger partial charge in [0.15, 0.2) is 11.5 Å². The van der Waals surface area contributed by atoms with Crippen molar-refractivity contribution in [2.24, 2.45) is 0 Å². The third-order valence-corrected chi connectivity index (χ3v) is 4.80. The molecule has 1 N–H and O–H groups in total. The summed E-state index contributed by atoms with van der Waals surface area (Å²) >= 11 is 11.9. The van der Waals surface area contributed by atoms with Crippen molar-refractivity contribution < 1.29 is 9.21 Å². The lowest BCUT2D eigenvalue weighted by atomic mass is 10.1. The Morgan fingerprint density at radius 3 is 2.63 bits per heavy atom. The molecule has 4 nitrogen and oxygen atoms in total. The molecule has 0 saturated heterocycles. The summed E-state index contributed by atoms with van der Waals surface area (Å²) in [5.74, 6) is 0.372. The Morgan fingerprint density at radius 2 is 1.81 bits per heavy atom. The van der Waals surface area contributed by atoms with Crippen molar-refractivity contribution in [3.8, 4) is 0 Å². The first-order valence-corrected chi connectivity index (χ1v) is 9.04. The van der Waals surface area contributed by atoms with Gasteiger partial charge in [0.25, 0.3) is 5.91 Å². The number of nitrogens with zero attached hydrogens (tertiary/aromatic N) is 1. The number of oxazole rings is 1. The van der Waals surface area contributed by atoms with E-state index in [1.54, 1.807) is 18.2 Å². The second-order valence-electron chi connectivity index (χ2n) is 6.04. The third kappa shape index (κ3) is 3.97. The monoisotopic (exact) mass is 396 g/mol. The highest BCUT2D eigenvalue weighted by atomic mass is 35.5. The molecule has 0 fully saturated rings. The molecule has 0 saturated carbocycles. The van der Waals surface area contributed by atoms with Gasteiger partial charge in [0.2, 0.25) is 0 Å². The Bertz CT molecular complexity index is 1100. The van der Waals surface area contributed by atoms with Crippen molar-refractivity contribution in [3.05, 3.63) is 93.8 Å². The standard InChI is InChI=1S/C21H14Cl2N2O2/c22-16-9-8-14(12-17(16)23)21(26)24-15-5-3-4-13(10-15)11-20-25-18-6-1-2-7-19(18)27-20/h1-10,12H,11H2,(H,24,26). The SMILES string of the molecule is O=C(Nc1cccc(Cc2nc3ccccc3o2)c1)c1ccc(Cl)c(Cl)c1. The zero-order valence-corrected chi connectivity index (χ0v) is 15.6. The van der Waals surface area contributed by atoms with Gasteiger partial charge >= 0.3 is 0 Å². The van der Waals surface area contributed by atoms with Gasteiger partial charge in [0.1, 0.15) is 5.52 Å². The van der Waals surface area contributed by atoms with Crippen LogP contribution in [-0.4, -0.2) is 10.9 Å². The fourth-order valence-electron chi connectivity index (χ4n) is 2.77. The molecular weight excluding hydrogens is 383 g/mol. The largest absolute Gasteiger partial charge is 0.440 e. The number of nitrogens with one attached hydrogen (secondary N) is 1. The Hall–Kier alpha value is -2.82. The fourth-order valence-corrected chi connectivity index (χ4v) is 3.07. The molecule has 0 atom stereocenters. The van der Waals surface area contributed by atoms with E-state index in [2.05, 4.69) is 10.3 Å². The van der Waals surface area contributed by atoms with Crippen molar-refractivity contribution in [1.29, 1.82) is 0 Å². The predicted molar refractivity (Wildman–Crippen MR) is 108 cm³/mol. The predicted octanol–water partition coefficient (Wildman–Crippen LogP) is 5.98. The fraction of sp³-hybridized carbons (Fsp3) is 0.0476. The van der Waals surface area contributed by atoms with E-state index in [9.17, 15) is 4.79 Å². The van der Waals surface area contributed by atoms with Crippen LogP contribution in [0.1, 0.15) is 21.8 Å². The van der Waals surface area contributed by atoms with Gasteiger partial charge in [-0.2, -0.15) is 0 Å². The van der Waals surface area contributed by atoms with Crippen molar-refractivity contribution in [3.63, 3.8) is 0 Å². The third-order valence-electron chi connectivity index (χ3n) is 4.06. The van der Waals surface area contributed by atoms with E-state index in [0.717, 1.165) is 16.7 Å². The molecule has 27 heavy (non-hydrogen) atoms. The van der Waals surface area contributed by atoms with Crippen LogP contribution in [0.5, 0.6) is 0 Å². The summed E-state index contributed by atoms with van der Waals surface area (Å²) < 4.78 is 5.76. The lowest BCUT2D eigenvalue weighted by molar-refractivity contribution is 0.102. The first-order valence-electron chi connectivity index (χ1n) is 8.28. The average molecular weight is 397 g/mol. The van der Waals surface area contributed by atoms with Gasteiger partial charge in [0, 0.05) is 17.7 Å². The molecule has 0 aliphatic carbocycles. The zero-order valence-electron chi connectivity index (χ0n) is 14.1. The molecule has 3 aromatic carbocycles. The minimum absolute atomic E-state index is 0.257. The van der Waals surface area contributed by atoms with Crippen molar-refractivity contribution in [2.75, 3.05) is 5.32 Å². The topological polar surface area (TPSA) is 55.1 Å². The lowest BCUT2D eigenvalue weighted by Crippen LogP contribution is -2.12. The number of para-hydroxylation sites is 2. The Balaban J connectivity index is 1.51. The Labute approximate surface area is 165 Å². The molecule has 1 amide bonds. The summed E-state index contributed by atoms with van der Waals surface area (Å²) in [6, 6.07) is 20.0. The van der Waals surface area contributed by atoms with Crippen LogP contribution in [-0.2, 0) is 6.42 Å². The minimum Gasteiger partial charge on any atom is -0.440 e. The van der Waals surface area contributed by atoms with Crippen molar-refractivity contribution in [2.45, 2.75) is 6.42 Å². The van der Waals surface area contributed by atoms with Crippen LogP contribution >= 0.6 is 23.2 Å². The second kappa shape index (κ2) is 7.43. The maximum absolute atomic E-state index is 12.4.